The maximum atomic E-state index is 12.2. The zero-order valence-corrected chi connectivity index (χ0v) is 13.5. The number of hydrogen-bond donors (Lipinski definition) is 2. The second kappa shape index (κ2) is 8.82. The van der Waals surface area contributed by atoms with Gasteiger partial charge in [0.1, 0.15) is 5.41 Å². The second-order valence-electron chi connectivity index (χ2n) is 5.99. The van der Waals surface area contributed by atoms with E-state index in [0.717, 1.165) is 19.3 Å². The Labute approximate surface area is 127 Å². The fourth-order valence-electron chi connectivity index (χ4n) is 2.28. The third-order valence-corrected chi connectivity index (χ3v) is 3.84. The standard InChI is InChI=1S/C16H28N2O3/c1-16(2,15(20)18-11-12-21-3)14(19)17-10-9-13-7-5-4-6-8-13/h7H,4-6,8-12H2,1-3H3,(H,17,19)(H,18,20). The molecule has 0 atom stereocenters. The van der Waals surface area contributed by atoms with E-state index in [1.165, 1.54) is 18.4 Å². The van der Waals surface area contributed by atoms with Crippen LogP contribution in [0.2, 0.25) is 0 Å². The quantitative estimate of drug-likeness (QED) is 0.407. The van der Waals surface area contributed by atoms with Crippen LogP contribution in [0.1, 0.15) is 46.0 Å². The van der Waals surface area contributed by atoms with E-state index in [9.17, 15) is 9.59 Å². The molecule has 1 rings (SSSR count). The Morgan fingerprint density at radius 1 is 1.19 bits per heavy atom. The van der Waals surface area contributed by atoms with Gasteiger partial charge in [-0.3, -0.25) is 9.59 Å². The van der Waals surface area contributed by atoms with E-state index in [2.05, 4.69) is 16.7 Å². The molecule has 0 aliphatic heterocycles. The summed E-state index contributed by atoms with van der Waals surface area (Å²) in [7, 11) is 1.57. The zero-order valence-electron chi connectivity index (χ0n) is 13.5. The molecule has 2 N–H and O–H groups in total. The maximum Gasteiger partial charge on any atom is 0.235 e. The Hall–Kier alpha value is -1.36. The molecule has 0 spiro atoms. The Morgan fingerprint density at radius 3 is 2.43 bits per heavy atom. The lowest BCUT2D eigenvalue weighted by molar-refractivity contribution is -0.141. The third kappa shape index (κ3) is 5.87. The first-order valence-corrected chi connectivity index (χ1v) is 7.72. The highest BCUT2D eigenvalue weighted by molar-refractivity contribution is 6.04. The smallest absolute Gasteiger partial charge is 0.235 e. The third-order valence-electron chi connectivity index (χ3n) is 3.84. The lowest BCUT2D eigenvalue weighted by Gasteiger charge is -2.23. The van der Waals surface area contributed by atoms with E-state index in [-0.39, 0.29) is 11.8 Å². The average molecular weight is 296 g/mol. The molecule has 0 aromatic heterocycles. The Kier molecular flexibility index (Phi) is 7.43. The largest absolute Gasteiger partial charge is 0.383 e. The molecular weight excluding hydrogens is 268 g/mol. The summed E-state index contributed by atoms with van der Waals surface area (Å²) in [4.78, 5) is 24.2. The van der Waals surface area contributed by atoms with Gasteiger partial charge in [0.2, 0.25) is 11.8 Å². The number of hydrogen-bond acceptors (Lipinski definition) is 3. The molecule has 0 bridgehead atoms. The molecule has 2 amide bonds. The molecule has 1 aliphatic rings. The summed E-state index contributed by atoms with van der Waals surface area (Å²) >= 11 is 0. The number of ether oxygens (including phenoxy) is 1. The molecule has 0 aromatic carbocycles. The first-order valence-electron chi connectivity index (χ1n) is 7.72. The van der Waals surface area contributed by atoms with Gasteiger partial charge in [0.25, 0.3) is 0 Å². The van der Waals surface area contributed by atoms with E-state index >= 15 is 0 Å². The minimum Gasteiger partial charge on any atom is -0.383 e. The van der Waals surface area contributed by atoms with E-state index in [4.69, 9.17) is 4.74 Å². The lowest BCUT2D eigenvalue weighted by atomic mass is 9.90. The SMILES string of the molecule is COCCNC(=O)C(C)(C)C(=O)NCCC1=CCCCC1. The maximum absolute atomic E-state index is 12.2. The Balaban J connectivity index is 2.34. The highest BCUT2D eigenvalue weighted by Crippen LogP contribution is 2.20. The molecule has 1 aliphatic carbocycles. The minimum absolute atomic E-state index is 0.228. The first-order chi connectivity index (χ1) is 9.98. The molecule has 0 saturated carbocycles. The van der Waals surface area contributed by atoms with Crippen LogP contribution in [0.15, 0.2) is 11.6 Å². The van der Waals surface area contributed by atoms with Crippen LogP contribution in [0.4, 0.5) is 0 Å². The lowest BCUT2D eigenvalue weighted by Crippen LogP contribution is -2.48. The number of amides is 2. The van der Waals surface area contributed by atoms with Crippen molar-refractivity contribution in [1.82, 2.24) is 10.6 Å². The molecule has 21 heavy (non-hydrogen) atoms. The zero-order chi connectivity index (χ0) is 15.7. The van der Waals surface area contributed by atoms with Crippen LogP contribution in [-0.2, 0) is 14.3 Å². The van der Waals surface area contributed by atoms with Crippen LogP contribution < -0.4 is 10.6 Å². The highest BCUT2D eigenvalue weighted by Gasteiger charge is 2.35. The van der Waals surface area contributed by atoms with Crippen LogP contribution in [0.3, 0.4) is 0 Å². The van der Waals surface area contributed by atoms with Crippen LogP contribution in [0.25, 0.3) is 0 Å². The van der Waals surface area contributed by atoms with Gasteiger partial charge in [-0.2, -0.15) is 0 Å². The van der Waals surface area contributed by atoms with Gasteiger partial charge in [-0.1, -0.05) is 11.6 Å². The van der Waals surface area contributed by atoms with Gasteiger partial charge < -0.3 is 15.4 Å². The van der Waals surface area contributed by atoms with Crippen LogP contribution in [-0.4, -0.2) is 38.6 Å². The number of rotatable bonds is 8. The summed E-state index contributed by atoms with van der Waals surface area (Å²) in [6, 6.07) is 0. The predicted octanol–water partition coefficient (Wildman–Crippen LogP) is 1.78. The molecule has 0 aromatic rings. The van der Waals surface area contributed by atoms with Crippen molar-refractivity contribution in [3.05, 3.63) is 11.6 Å². The Bertz CT molecular complexity index is 389. The van der Waals surface area contributed by atoms with Gasteiger partial charge in [-0.05, 0) is 46.0 Å². The normalized spacial score (nSPS) is 15.3. The van der Waals surface area contributed by atoms with Crippen molar-refractivity contribution < 1.29 is 14.3 Å². The molecule has 0 radical (unpaired) electrons. The van der Waals surface area contributed by atoms with Crippen molar-refractivity contribution in [3.8, 4) is 0 Å². The minimum atomic E-state index is -1.06. The molecule has 5 nitrogen and oxygen atoms in total. The van der Waals surface area contributed by atoms with Gasteiger partial charge in [0, 0.05) is 20.2 Å². The summed E-state index contributed by atoms with van der Waals surface area (Å²) in [6.45, 7) is 4.74. The van der Waals surface area contributed by atoms with E-state index in [1.54, 1.807) is 21.0 Å². The van der Waals surface area contributed by atoms with Gasteiger partial charge in [0.15, 0.2) is 0 Å². The molecule has 120 valence electrons. The van der Waals surface area contributed by atoms with Crippen LogP contribution in [0, 0.1) is 5.41 Å². The summed E-state index contributed by atoms with van der Waals surface area (Å²) in [5.41, 5.74) is 0.359. The highest BCUT2D eigenvalue weighted by atomic mass is 16.5. The van der Waals surface area contributed by atoms with Crippen molar-refractivity contribution in [1.29, 1.82) is 0 Å². The fourth-order valence-corrected chi connectivity index (χ4v) is 2.28. The van der Waals surface area contributed by atoms with Crippen LogP contribution >= 0.6 is 0 Å². The van der Waals surface area contributed by atoms with E-state index in [1.807, 2.05) is 0 Å². The summed E-state index contributed by atoms with van der Waals surface area (Å²) < 4.78 is 4.88. The molecular formula is C16H28N2O3. The Morgan fingerprint density at radius 2 is 1.86 bits per heavy atom. The van der Waals surface area contributed by atoms with Crippen molar-refractivity contribution in [2.75, 3.05) is 26.8 Å². The van der Waals surface area contributed by atoms with Crippen molar-refractivity contribution >= 4 is 11.8 Å². The second-order valence-corrected chi connectivity index (χ2v) is 5.99. The number of methoxy groups -OCH3 is 1. The molecule has 5 heteroatoms. The monoisotopic (exact) mass is 296 g/mol. The van der Waals surface area contributed by atoms with E-state index in [0.29, 0.717) is 19.7 Å². The molecule has 0 fully saturated rings. The van der Waals surface area contributed by atoms with Gasteiger partial charge in [0.05, 0.1) is 6.61 Å². The number of allylic oxidation sites excluding steroid dienone is 1. The summed E-state index contributed by atoms with van der Waals surface area (Å²) in [6.07, 6.45) is 7.95. The first kappa shape index (κ1) is 17.7. The number of nitrogens with one attached hydrogen (secondary N) is 2. The van der Waals surface area contributed by atoms with Gasteiger partial charge >= 0.3 is 0 Å². The number of carbonyl (C=O) groups is 2. The summed E-state index contributed by atoms with van der Waals surface area (Å²) in [5.74, 6) is -0.497. The van der Waals surface area contributed by atoms with Crippen LogP contribution in [0.5, 0.6) is 0 Å². The van der Waals surface area contributed by atoms with Crippen molar-refractivity contribution in [3.63, 3.8) is 0 Å². The molecule has 0 unspecified atom stereocenters. The number of carbonyl (C=O) groups excluding carboxylic acids is 2. The van der Waals surface area contributed by atoms with E-state index < -0.39 is 5.41 Å². The van der Waals surface area contributed by atoms with Crippen molar-refractivity contribution in [2.45, 2.75) is 46.0 Å². The van der Waals surface area contributed by atoms with Gasteiger partial charge in [-0.25, -0.2) is 0 Å². The summed E-state index contributed by atoms with van der Waals surface area (Å²) in [5, 5.41) is 5.58. The predicted molar refractivity (Wildman–Crippen MR) is 82.8 cm³/mol. The molecule has 0 saturated heterocycles. The molecule has 0 heterocycles. The topological polar surface area (TPSA) is 67.4 Å². The van der Waals surface area contributed by atoms with Gasteiger partial charge in [-0.15, -0.1) is 0 Å². The van der Waals surface area contributed by atoms with Crippen molar-refractivity contribution in [2.24, 2.45) is 5.41 Å². The fraction of sp³-hybridized carbons (Fsp3) is 0.750. The average Bonchev–Trinajstić information content (AvgIpc) is 2.48.